The lowest BCUT2D eigenvalue weighted by molar-refractivity contribution is 0.415. The summed E-state index contributed by atoms with van der Waals surface area (Å²) in [5.41, 5.74) is 3.88. The number of methoxy groups -OCH3 is 1. The Morgan fingerprint density at radius 2 is 1.89 bits per heavy atom. The summed E-state index contributed by atoms with van der Waals surface area (Å²) in [6, 6.07) is 18.0. The van der Waals surface area contributed by atoms with Crippen LogP contribution in [0.25, 0.3) is 10.9 Å². The molecule has 0 radical (unpaired) electrons. The van der Waals surface area contributed by atoms with E-state index >= 15 is 0 Å². The largest absolute Gasteiger partial charge is 0.497 e. The van der Waals surface area contributed by atoms with Gasteiger partial charge >= 0.3 is 0 Å². The van der Waals surface area contributed by atoms with Crippen molar-refractivity contribution in [2.24, 2.45) is 7.05 Å². The number of nitrogens with zero attached hydrogens (tertiary/aromatic N) is 2. The third-order valence-electron chi connectivity index (χ3n) is 5.26. The van der Waals surface area contributed by atoms with Crippen molar-refractivity contribution in [3.05, 3.63) is 78.2 Å². The van der Waals surface area contributed by atoms with Gasteiger partial charge in [0.25, 0.3) is 0 Å². The highest BCUT2D eigenvalue weighted by molar-refractivity contribution is 6.13. The Balaban J connectivity index is 1.64. The monoisotopic (exact) mass is 372 g/mol. The van der Waals surface area contributed by atoms with Crippen LogP contribution in [0.2, 0.25) is 0 Å². The molecule has 0 saturated carbocycles. The number of aromatic nitrogens is 1. The molecule has 1 aliphatic rings. The minimum Gasteiger partial charge on any atom is -0.497 e. The second-order valence-electron chi connectivity index (χ2n) is 6.87. The molecular formula is C22H20N4O2. The van der Waals surface area contributed by atoms with E-state index < -0.39 is 0 Å². The van der Waals surface area contributed by atoms with Gasteiger partial charge in [-0.2, -0.15) is 0 Å². The number of amidine groups is 1. The fraction of sp³-hybridized carbons (Fsp3) is 0.136. The molecule has 28 heavy (non-hydrogen) atoms. The summed E-state index contributed by atoms with van der Waals surface area (Å²) in [6.07, 6.45) is 3.40. The van der Waals surface area contributed by atoms with Gasteiger partial charge in [-0.25, -0.2) is 0 Å². The Morgan fingerprint density at radius 3 is 2.68 bits per heavy atom. The van der Waals surface area contributed by atoms with Crippen LogP contribution in [0.1, 0.15) is 17.3 Å². The average Bonchev–Trinajstić information content (AvgIpc) is 3.35. The van der Waals surface area contributed by atoms with Gasteiger partial charge in [-0.05, 0) is 59.5 Å². The van der Waals surface area contributed by atoms with E-state index in [9.17, 15) is 0 Å². The third-order valence-corrected chi connectivity index (χ3v) is 5.26. The van der Waals surface area contributed by atoms with E-state index in [-0.39, 0.29) is 6.17 Å². The normalized spacial score (nSPS) is 16.1. The first-order valence-electron chi connectivity index (χ1n) is 9.07. The van der Waals surface area contributed by atoms with Gasteiger partial charge in [0.1, 0.15) is 17.8 Å². The maximum Gasteiger partial charge on any atom is 0.205 e. The number of nitrogens with one attached hydrogen (secondary N) is 2. The molecule has 0 aliphatic carbocycles. The van der Waals surface area contributed by atoms with E-state index in [1.807, 2.05) is 42.3 Å². The fourth-order valence-corrected chi connectivity index (χ4v) is 3.78. The van der Waals surface area contributed by atoms with Gasteiger partial charge in [-0.1, -0.05) is 6.07 Å². The summed E-state index contributed by atoms with van der Waals surface area (Å²) in [5.74, 6) is 1.80. The Hall–Kier alpha value is -3.67. The highest BCUT2D eigenvalue weighted by Crippen LogP contribution is 2.38. The molecule has 6 heteroatoms. The molecular weight excluding hydrogens is 352 g/mol. The fourth-order valence-electron chi connectivity index (χ4n) is 3.78. The van der Waals surface area contributed by atoms with Crippen LogP contribution >= 0.6 is 0 Å². The smallest absolute Gasteiger partial charge is 0.205 e. The van der Waals surface area contributed by atoms with Crippen LogP contribution in [-0.2, 0) is 7.05 Å². The van der Waals surface area contributed by atoms with Gasteiger partial charge in [0.15, 0.2) is 0 Å². The average molecular weight is 372 g/mol. The minimum absolute atomic E-state index is 0.260. The van der Waals surface area contributed by atoms with Gasteiger partial charge in [-0.3, -0.25) is 5.41 Å². The van der Waals surface area contributed by atoms with Crippen molar-refractivity contribution in [3.63, 3.8) is 0 Å². The van der Waals surface area contributed by atoms with Crippen LogP contribution in [-0.4, -0.2) is 17.5 Å². The zero-order chi connectivity index (χ0) is 19.3. The maximum absolute atomic E-state index is 8.82. The van der Waals surface area contributed by atoms with Crippen molar-refractivity contribution in [1.82, 2.24) is 4.57 Å². The molecule has 2 aromatic carbocycles. The standard InChI is InChI=1S/C22H20N4O2/c1-25-11-9-14-13-15(3-8-19(14)25)21-24-22-18(10-12-28-22)20(23)26(21)16-4-6-17(27-2)7-5-16/h3-13,21,23-24H,1-2H3. The van der Waals surface area contributed by atoms with E-state index in [1.165, 1.54) is 5.52 Å². The maximum atomic E-state index is 8.82. The number of ether oxygens (including phenoxy) is 1. The predicted molar refractivity (Wildman–Crippen MR) is 110 cm³/mol. The van der Waals surface area contributed by atoms with Gasteiger partial charge in [0.2, 0.25) is 5.88 Å². The molecule has 2 aromatic heterocycles. The number of anilines is 2. The molecule has 2 N–H and O–H groups in total. The number of hydrogen-bond acceptors (Lipinski definition) is 4. The molecule has 0 bridgehead atoms. The Morgan fingerprint density at radius 1 is 1.07 bits per heavy atom. The van der Waals surface area contributed by atoms with Crippen LogP contribution in [0, 0.1) is 5.41 Å². The summed E-state index contributed by atoms with van der Waals surface area (Å²) < 4.78 is 13.0. The van der Waals surface area contributed by atoms with Crippen molar-refractivity contribution in [1.29, 1.82) is 5.41 Å². The Bertz CT molecular complexity index is 1170. The number of hydrogen-bond donors (Lipinski definition) is 2. The zero-order valence-corrected chi connectivity index (χ0v) is 15.6. The van der Waals surface area contributed by atoms with E-state index in [4.69, 9.17) is 14.6 Å². The Labute approximate surface area is 162 Å². The summed E-state index contributed by atoms with van der Waals surface area (Å²) >= 11 is 0. The highest BCUT2D eigenvalue weighted by Gasteiger charge is 2.33. The van der Waals surface area contributed by atoms with Gasteiger partial charge in [-0.15, -0.1) is 0 Å². The molecule has 1 unspecified atom stereocenters. The van der Waals surface area contributed by atoms with Crippen LogP contribution in [0.3, 0.4) is 0 Å². The molecule has 6 nitrogen and oxygen atoms in total. The molecule has 0 spiro atoms. The molecule has 3 heterocycles. The number of rotatable bonds is 3. The van der Waals surface area contributed by atoms with Gasteiger partial charge < -0.3 is 23.9 Å². The lowest BCUT2D eigenvalue weighted by Crippen LogP contribution is -2.42. The molecule has 0 saturated heterocycles. The molecule has 4 aromatic rings. The summed E-state index contributed by atoms with van der Waals surface area (Å²) in [6.45, 7) is 0. The van der Waals surface area contributed by atoms with Crippen molar-refractivity contribution in [2.45, 2.75) is 6.17 Å². The zero-order valence-electron chi connectivity index (χ0n) is 15.6. The van der Waals surface area contributed by atoms with Crippen molar-refractivity contribution < 1.29 is 9.15 Å². The number of aryl methyl sites for hydroxylation is 1. The van der Waals surface area contributed by atoms with E-state index in [2.05, 4.69) is 40.3 Å². The molecule has 5 rings (SSSR count). The van der Waals surface area contributed by atoms with Crippen LogP contribution in [0.4, 0.5) is 11.6 Å². The van der Waals surface area contributed by atoms with E-state index in [0.29, 0.717) is 11.7 Å². The topological polar surface area (TPSA) is 66.4 Å². The highest BCUT2D eigenvalue weighted by atomic mass is 16.5. The first-order chi connectivity index (χ1) is 13.7. The van der Waals surface area contributed by atoms with Crippen molar-refractivity contribution in [2.75, 3.05) is 17.3 Å². The first-order valence-corrected chi connectivity index (χ1v) is 9.07. The molecule has 0 fully saturated rings. The minimum atomic E-state index is -0.260. The van der Waals surface area contributed by atoms with E-state index in [1.54, 1.807) is 13.4 Å². The van der Waals surface area contributed by atoms with Gasteiger partial charge in [0.05, 0.1) is 18.9 Å². The lowest BCUT2D eigenvalue weighted by atomic mass is 10.0. The summed E-state index contributed by atoms with van der Waals surface area (Å²) in [5, 5.41) is 13.4. The van der Waals surface area contributed by atoms with Crippen molar-refractivity contribution in [3.8, 4) is 5.75 Å². The summed E-state index contributed by atoms with van der Waals surface area (Å²) in [7, 11) is 3.68. The van der Waals surface area contributed by atoms with Crippen LogP contribution in [0.5, 0.6) is 5.75 Å². The Kier molecular flexibility index (Phi) is 3.65. The second-order valence-corrected chi connectivity index (χ2v) is 6.87. The third kappa shape index (κ3) is 2.45. The van der Waals surface area contributed by atoms with Crippen LogP contribution in [0.15, 0.2) is 71.5 Å². The quantitative estimate of drug-likeness (QED) is 0.545. The first kappa shape index (κ1) is 16.5. The number of benzene rings is 2. The molecule has 1 aliphatic heterocycles. The number of furan rings is 1. The van der Waals surface area contributed by atoms with E-state index in [0.717, 1.165) is 28.0 Å². The second kappa shape index (κ2) is 6.20. The van der Waals surface area contributed by atoms with Gasteiger partial charge in [0, 0.05) is 24.4 Å². The predicted octanol–water partition coefficient (Wildman–Crippen LogP) is 4.74. The molecule has 0 amide bonds. The summed E-state index contributed by atoms with van der Waals surface area (Å²) in [4.78, 5) is 1.97. The van der Waals surface area contributed by atoms with Crippen LogP contribution < -0.4 is 15.0 Å². The SMILES string of the molecule is COc1ccc(N2C(=N)c3ccoc3NC2c2ccc3c(ccn3C)c2)cc1. The lowest BCUT2D eigenvalue weighted by Gasteiger charge is -2.38. The van der Waals surface area contributed by atoms with Crippen molar-refractivity contribution >= 4 is 28.3 Å². The molecule has 1 atom stereocenters. The number of fused-ring (bicyclic) bond motifs is 2. The molecule has 140 valence electrons.